The van der Waals surface area contributed by atoms with Gasteiger partial charge in [0.1, 0.15) is 5.01 Å². The highest BCUT2D eigenvalue weighted by Gasteiger charge is 2.19. The van der Waals surface area contributed by atoms with Crippen LogP contribution in [0.25, 0.3) is 21.1 Å². The van der Waals surface area contributed by atoms with Crippen molar-refractivity contribution < 1.29 is 0 Å². The summed E-state index contributed by atoms with van der Waals surface area (Å²) in [5.74, 6) is 0. The number of nitrogens with one attached hydrogen (secondary N) is 1. The Morgan fingerprint density at radius 1 is 1.17 bits per heavy atom. The van der Waals surface area contributed by atoms with Crippen LogP contribution >= 0.6 is 11.3 Å². The highest BCUT2D eigenvalue weighted by Crippen LogP contribution is 2.32. The Bertz CT molecular complexity index is 885. The van der Waals surface area contributed by atoms with E-state index in [0.717, 1.165) is 51.8 Å². The molecule has 1 N–H and O–H groups in total. The van der Waals surface area contributed by atoms with Crippen molar-refractivity contribution >= 4 is 17.0 Å². The Kier molecular flexibility index (Phi) is 4.04. The van der Waals surface area contributed by atoms with Gasteiger partial charge in [0.2, 0.25) is 0 Å². The van der Waals surface area contributed by atoms with Crippen molar-refractivity contribution in [3.05, 3.63) is 54.1 Å². The highest BCUT2D eigenvalue weighted by molar-refractivity contribution is 7.18. The first kappa shape index (κ1) is 15.0. The third-order valence-electron chi connectivity index (χ3n) is 4.03. The smallest absolute Gasteiger partial charge is 0.125 e. The SMILES string of the molecule is CNN=C1CCCc2ccc(-c3cnc(-c4cccnc4)s3)nc21. The van der Waals surface area contributed by atoms with Crippen LogP contribution in [0.5, 0.6) is 0 Å². The lowest BCUT2D eigenvalue weighted by molar-refractivity contribution is 0.802. The Balaban J connectivity index is 1.72. The molecular formula is C18H17N5S. The second kappa shape index (κ2) is 6.49. The molecule has 4 rings (SSSR count). The number of rotatable bonds is 3. The molecule has 0 atom stereocenters. The van der Waals surface area contributed by atoms with E-state index in [1.54, 1.807) is 17.5 Å². The lowest BCUT2D eigenvalue weighted by atomic mass is 9.94. The van der Waals surface area contributed by atoms with Gasteiger partial charge in [-0.1, -0.05) is 6.07 Å². The van der Waals surface area contributed by atoms with Gasteiger partial charge in [0.15, 0.2) is 0 Å². The monoisotopic (exact) mass is 335 g/mol. The zero-order chi connectivity index (χ0) is 16.4. The van der Waals surface area contributed by atoms with Crippen LogP contribution in [0.15, 0.2) is 48.0 Å². The van der Waals surface area contributed by atoms with Crippen LogP contribution in [0.4, 0.5) is 0 Å². The summed E-state index contributed by atoms with van der Waals surface area (Å²) in [5, 5.41) is 5.36. The number of hydrazone groups is 1. The molecule has 3 aromatic rings. The van der Waals surface area contributed by atoms with Crippen molar-refractivity contribution in [1.29, 1.82) is 0 Å². The van der Waals surface area contributed by atoms with Gasteiger partial charge in [-0.25, -0.2) is 9.97 Å². The summed E-state index contributed by atoms with van der Waals surface area (Å²) in [6.07, 6.45) is 8.65. The first-order chi connectivity index (χ1) is 11.8. The molecule has 120 valence electrons. The molecule has 0 fully saturated rings. The summed E-state index contributed by atoms with van der Waals surface area (Å²) < 4.78 is 0. The molecule has 0 aromatic carbocycles. The van der Waals surface area contributed by atoms with Gasteiger partial charge < -0.3 is 5.43 Å². The first-order valence-corrected chi connectivity index (χ1v) is 8.77. The normalized spacial score (nSPS) is 15.3. The van der Waals surface area contributed by atoms with Crippen molar-refractivity contribution in [3.63, 3.8) is 0 Å². The van der Waals surface area contributed by atoms with E-state index in [0.29, 0.717) is 0 Å². The van der Waals surface area contributed by atoms with Crippen LogP contribution in [0.2, 0.25) is 0 Å². The van der Waals surface area contributed by atoms with Crippen LogP contribution in [0.1, 0.15) is 24.1 Å². The van der Waals surface area contributed by atoms with Crippen molar-refractivity contribution in [2.45, 2.75) is 19.3 Å². The quantitative estimate of drug-likeness (QED) is 0.744. The summed E-state index contributed by atoms with van der Waals surface area (Å²) in [5.41, 5.74) is 8.21. The van der Waals surface area contributed by atoms with E-state index in [4.69, 9.17) is 4.98 Å². The number of aromatic nitrogens is 3. The van der Waals surface area contributed by atoms with Crippen LogP contribution in [0.3, 0.4) is 0 Å². The summed E-state index contributed by atoms with van der Waals surface area (Å²) in [4.78, 5) is 14.6. The molecule has 0 unspecified atom stereocenters. The van der Waals surface area contributed by atoms with Gasteiger partial charge in [0.25, 0.3) is 0 Å². The molecular weight excluding hydrogens is 318 g/mol. The Hall–Kier alpha value is -2.60. The van der Waals surface area contributed by atoms with E-state index < -0.39 is 0 Å². The number of thiazole rings is 1. The van der Waals surface area contributed by atoms with Crippen molar-refractivity contribution in [2.75, 3.05) is 7.05 Å². The topological polar surface area (TPSA) is 63.1 Å². The first-order valence-electron chi connectivity index (χ1n) is 7.95. The fourth-order valence-corrected chi connectivity index (χ4v) is 3.78. The minimum absolute atomic E-state index is 0.951. The van der Waals surface area contributed by atoms with Gasteiger partial charge in [-0.2, -0.15) is 5.10 Å². The molecule has 0 bridgehead atoms. The zero-order valence-electron chi connectivity index (χ0n) is 13.4. The molecule has 1 aliphatic carbocycles. The fourth-order valence-electron chi connectivity index (χ4n) is 2.90. The molecule has 6 heteroatoms. The number of hydrogen-bond acceptors (Lipinski definition) is 6. The average molecular weight is 335 g/mol. The second-order valence-electron chi connectivity index (χ2n) is 5.61. The van der Waals surface area contributed by atoms with Crippen LogP contribution in [-0.2, 0) is 6.42 Å². The molecule has 24 heavy (non-hydrogen) atoms. The van der Waals surface area contributed by atoms with Gasteiger partial charge >= 0.3 is 0 Å². The highest BCUT2D eigenvalue weighted by atomic mass is 32.1. The summed E-state index contributed by atoms with van der Waals surface area (Å²) in [7, 11) is 1.83. The van der Waals surface area contributed by atoms with Crippen LogP contribution in [-0.4, -0.2) is 27.7 Å². The largest absolute Gasteiger partial charge is 0.313 e. The number of fused-ring (bicyclic) bond motifs is 1. The summed E-state index contributed by atoms with van der Waals surface area (Å²) in [6, 6.07) is 8.20. The third-order valence-corrected chi connectivity index (χ3v) is 5.09. The average Bonchev–Trinajstić information content (AvgIpc) is 3.13. The molecule has 0 radical (unpaired) electrons. The maximum absolute atomic E-state index is 4.87. The minimum Gasteiger partial charge on any atom is -0.313 e. The van der Waals surface area contributed by atoms with Gasteiger partial charge in [-0.15, -0.1) is 11.3 Å². The number of hydrogen-bond donors (Lipinski definition) is 1. The fraction of sp³-hybridized carbons (Fsp3) is 0.222. The van der Waals surface area contributed by atoms with Crippen molar-refractivity contribution in [3.8, 4) is 21.1 Å². The van der Waals surface area contributed by atoms with Gasteiger partial charge in [0, 0.05) is 31.2 Å². The molecule has 0 amide bonds. The third kappa shape index (κ3) is 2.80. The van der Waals surface area contributed by atoms with Gasteiger partial charge in [0.05, 0.1) is 22.0 Å². The molecule has 1 aliphatic rings. The molecule has 3 aromatic heterocycles. The lowest BCUT2D eigenvalue weighted by Crippen LogP contribution is -2.17. The van der Waals surface area contributed by atoms with Crippen molar-refractivity contribution in [1.82, 2.24) is 20.4 Å². The van der Waals surface area contributed by atoms with Crippen LogP contribution < -0.4 is 5.43 Å². The number of nitrogens with zero attached hydrogens (tertiary/aromatic N) is 4. The van der Waals surface area contributed by atoms with Gasteiger partial charge in [-0.3, -0.25) is 4.98 Å². The van der Waals surface area contributed by atoms with Crippen molar-refractivity contribution in [2.24, 2.45) is 5.10 Å². The molecule has 5 nitrogen and oxygen atoms in total. The van der Waals surface area contributed by atoms with E-state index in [9.17, 15) is 0 Å². The lowest BCUT2D eigenvalue weighted by Gasteiger charge is -2.17. The van der Waals surface area contributed by atoms with E-state index in [-0.39, 0.29) is 0 Å². The van der Waals surface area contributed by atoms with Crippen LogP contribution in [0, 0.1) is 0 Å². The maximum atomic E-state index is 4.87. The second-order valence-corrected chi connectivity index (χ2v) is 6.64. The zero-order valence-corrected chi connectivity index (χ0v) is 14.2. The van der Waals surface area contributed by atoms with E-state index in [1.165, 1.54) is 5.56 Å². The number of aryl methyl sites for hydroxylation is 1. The summed E-state index contributed by atoms with van der Waals surface area (Å²) >= 11 is 1.64. The Labute approximate surface area is 144 Å². The predicted molar refractivity (Wildman–Crippen MR) is 97.1 cm³/mol. The number of pyridine rings is 2. The standard InChI is InChI=1S/C18H17N5S/c1-19-23-15-6-2-4-12-7-8-14(22-17(12)15)16-11-21-18(24-16)13-5-3-9-20-10-13/h3,5,7-11,19H,2,4,6H2,1H3. The van der Waals surface area contributed by atoms with E-state index in [1.807, 2.05) is 31.6 Å². The minimum atomic E-state index is 0.951. The molecule has 3 heterocycles. The maximum Gasteiger partial charge on any atom is 0.125 e. The van der Waals surface area contributed by atoms with E-state index in [2.05, 4.69) is 32.6 Å². The molecule has 0 saturated heterocycles. The Morgan fingerprint density at radius 3 is 2.96 bits per heavy atom. The van der Waals surface area contributed by atoms with E-state index >= 15 is 0 Å². The van der Waals surface area contributed by atoms with Gasteiger partial charge in [-0.05, 0) is 43.0 Å². The predicted octanol–water partition coefficient (Wildman–Crippen LogP) is 3.53. The molecule has 0 aliphatic heterocycles. The Morgan fingerprint density at radius 2 is 2.12 bits per heavy atom. The summed E-state index contributed by atoms with van der Waals surface area (Å²) in [6.45, 7) is 0. The molecule has 0 saturated carbocycles. The molecule has 0 spiro atoms.